The highest BCUT2D eigenvalue weighted by Crippen LogP contribution is 2.34. The van der Waals surface area contributed by atoms with Crippen molar-refractivity contribution < 1.29 is 18.9 Å². The minimum Gasteiger partial charge on any atom is -0.493 e. The summed E-state index contributed by atoms with van der Waals surface area (Å²) in [6.07, 6.45) is 8.17. The molecule has 1 aliphatic carbocycles. The number of ether oxygens (including phenoxy) is 4. The first kappa shape index (κ1) is 27.0. The van der Waals surface area contributed by atoms with E-state index >= 15 is 0 Å². The van der Waals surface area contributed by atoms with E-state index in [0.717, 1.165) is 88.1 Å². The van der Waals surface area contributed by atoms with Crippen LogP contribution in [-0.2, 0) is 16.0 Å². The van der Waals surface area contributed by atoms with Gasteiger partial charge in [-0.05, 0) is 56.9 Å². The van der Waals surface area contributed by atoms with Crippen molar-refractivity contribution in [3.05, 3.63) is 23.8 Å². The van der Waals surface area contributed by atoms with Gasteiger partial charge in [-0.15, -0.1) is 24.0 Å². The fourth-order valence-electron chi connectivity index (χ4n) is 4.11. The zero-order valence-electron chi connectivity index (χ0n) is 19.6. The van der Waals surface area contributed by atoms with Crippen molar-refractivity contribution in [1.29, 1.82) is 0 Å². The zero-order valence-corrected chi connectivity index (χ0v) is 21.9. The number of hydrogen-bond donors (Lipinski definition) is 2. The van der Waals surface area contributed by atoms with Crippen molar-refractivity contribution in [2.24, 2.45) is 10.9 Å². The number of methoxy groups -OCH3 is 1. The molecule has 1 saturated heterocycles. The minimum atomic E-state index is 0. The van der Waals surface area contributed by atoms with Crippen molar-refractivity contribution in [2.45, 2.75) is 57.6 Å². The van der Waals surface area contributed by atoms with E-state index in [9.17, 15) is 0 Å². The molecular weight excluding hydrogens is 521 g/mol. The van der Waals surface area contributed by atoms with Gasteiger partial charge in [0.1, 0.15) is 0 Å². The lowest BCUT2D eigenvalue weighted by Crippen LogP contribution is -2.37. The van der Waals surface area contributed by atoms with Crippen molar-refractivity contribution in [3.8, 4) is 11.5 Å². The summed E-state index contributed by atoms with van der Waals surface area (Å²) in [5, 5.41) is 6.76. The Hall–Kier alpha value is -1.26. The SMILES string of the molecule is CN=C(NCCCOCC1CCOCC1)NCc1cccc(OC)c1OC1CCCC1.I. The molecule has 0 unspecified atom stereocenters. The summed E-state index contributed by atoms with van der Waals surface area (Å²) >= 11 is 0. The summed E-state index contributed by atoms with van der Waals surface area (Å²) in [5.41, 5.74) is 1.08. The van der Waals surface area contributed by atoms with E-state index in [1.165, 1.54) is 12.8 Å². The third kappa shape index (κ3) is 8.94. The molecule has 1 aromatic rings. The first-order chi connectivity index (χ1) is 15.3. The lowest BCUT2D eigenvalue weighted by atomic mass is 10.0. The molecule has 1 aliphatic heterocycles. The maximum Gasteiger partial charge on any atom is 0.191 e. The van der Waals surface area contributed by atoms with Crippen LogP contribution in [0.3, 0.4) is 0 Å². The number of para-hydroxylation sites is 1. The topological polar surface area (TPSA) is 73.3 Å². The Balaban J connectivity index is 0.00000363. The van der Waals surface area contributed by atoms with Crippen LogP contribution in [0.25, 0.3) is 0 Å². The Morgan fingerprint density at radius 1 is 1.12 bits per heavy atom. The van der Waals surface area contributed by atoms with E-state index in [-0.39, 0.29) is 30.1 Å². The molecule has 2 fully saturated rings. The highest BCUT2D eigenvalue weighted by molar-refractivity contribution is 14.0. The third-order valence-electron chi connectivity index (χ3n) is 5.99. The summed E-state index contributed by atoms with van der Waals surface area (Å²) < 4.78 is 23.1. The van der Waals surface area contributed by atoms with Crippen LogP contribution in [0.15, 0.2) is 23.2 Å². The predicted octanol–water partition coefficient (Wildman–Crippen LogP) is 4.13. The van der Waals surface area contributed by atoms with Crippen LogP contribution in [0, 0.1) is 5.92 Å². The van der Waals surface area contributed by atoms with Gasteiger partial charge in [-0.3, -0.25) is 4.99 Å². The molecule has 3 rings (SSSR count). The Bertz CT molecular complexity index is 677. The molecule has 0 radical (unpaired) electrons. The average Bonchev–Trinajstić information content (AvgIpc) is 3.32. The molecule has 0 bridgehead atoms. The van der Waals surface area contributed by atoms with Crippen LogP contribution >= 0.6 is 24.0 Å². The molecule has 1 aromatic carbocycles. The highest BCUT2D eigenvalue weighted by Gasteiger charge is 2.20. The van der Waals surface area contributed by atoms with Crippen molar-refractivity contribution in [2.75, 3.05) is 47.1 Å². The number of nitrogens with one attached hydrogen (secondary N) is 2. The normalized spacial score (nSPS) is 17.6. The largest absolute Gasteiger partial charge is 0.493 e. The Morgan fingerprint density at radius 3 is 2.62 bits per heavy atom. The summed E-state index contributed by atoms with van der Waals surface area (Å²) in [6, 6.07) is 6.04. The zero-order chi connectivity index (χ0) is 21.7. The summed E-state index contributed by atoms with van der Waals surface area (Å²) in [6.45, 7) is 4.79. The smallest absolute Gasteiger partial charge is 0.191 e. The monoisotopic (exact) mass is 561 g/mol. The predicted molar refractivity (Wildman–Crippen MR) is 138 cm³/mol. The van der Waals surface area contributed by atoms with Gasteiger partial charge in [-0.2, -0.15) is 0 Å². The maximum atomic E-state index is 6.32. The standard InChI is InChI=1S/C24H39N3O4.HI/c1-25-24(26-13-6-14-30-18-19-11-15-29-16-12-19)27-17-20-7-5-10-22(28-2)23(20)31-21-8-3-4-9-21;/h5,7,10,19,21H,3-4,6,8-9,11-18H2,1-2H3,(H2,25,26,27);1H. The van der Waals surface area contributed by atoms with E-state index in [4.69, 9.17) is 18.9 Å². The van der Waals surface area contributed by atoms with Crippen LogP contribution in [0.2, 0.25) is 0 Å². The van der Waals surface area contributed by atoms with Crippen molar-refractivity contribution >= 4 is 29.9 Å². The first-order valence-corrected chi connectivity index (χ1v) is 11.7. The second kappa shape index (κ2) is 15.6. The lowest BCUT2D eigenvalue weighted by molar-refractivity contribution is 0.0203. The number of hydrogen-bond acceptors (Lipinski definition) is 5. The van der Waals surface area contributed by atoms with Crippen LogP contribution in [0.5, 0.6) is 11.5 Å². The molecule has 1 heterocycles. The molecule has 2 N–H and O–H groups in total. The number of rotatable bonds is 11. The van der Waals surface area contributed by atoms with Gasteiger partial charge < -0.3 is 29.6 Å². The van der Waals surface area contributed by atoms with E-state index in [0.29, 0.717) is 12.5 Å². The molecule has 2 aliphatic rings. The summed E-state index contributed by atoms with van der Waals surface area (Å²) in [7, 11) is 3.48. The van der Waals surface area contributed by atoms with Gasteiger partial charge in [0.05, 0.1) is 13.2 Å². The van der Waals surface area contributed by atoms with E-state index < -0.39 is 0 Å². The van der Waals surface area contributed by atoms with Crippen molar-refractivity contribution in [1.82, 2.24) is 10.6 Å². The van der Waals surface area contributed by atoms with Gasteiger partial charge in [-0.1, -0.05) is 12.1 Å². The fraction of sp³-hybridized carbons (Fsp3) is 0.708. The van der Waals surface area contributed by atoms with E-state index in [1.807, 2.05) is 12.1 Å². The van der Waals surface area contributed by atoms with Crippen LogP contribution in [0.1, 0.15) is 50.5 Å². The average molecular weight is 562 g/mol. The van der Waals surface area contributed by atoms with E-state index in [2.05, 4.69) is 21.7 Å². The van der Waals surface area contributed by atoms with Crippen LogP contribution in [-0.4, -0.2) is 59.2 Å². The number of benzene rings is 1. The molecule has 8 heteroatoms. The minimum absolute atomic E-state index is 0. The Labute approximate surface area is 210 Å². The van der Waals surface area contributed by atoms with Crippen molar-refractivity contribution in [3.63, 3.8) is 0 Å². The molecule has 0 spiro atoms. The number of nitrogens with zero attached hydrogens (tertiary/aromatic N) is 1. The van der Waals surface area contributed by atoms with Gasteiger partial charge in [0.15, 0.2) is 17.5 Å². The third-order valence-corrected chi connectivity index (χ3v) is 5.99. The molecule has 1 saturated carbocycles. The van der Waals surface area contributed by atoms with Gasteiger partial charge in [0, 0.05) is 52.1 Å². The molecule has 182 valence electrons. The molecule has 7 nitrogen and oxygen atoms in total. The summed E-state index contributed by atoms with van der Waals surface area (Å²) in [5.74, 6) is 3.07. The fourth-order valence-corrected chi connectivity index (χ4v) is 4.11. The number of aliphatic imine (C=N–C) groups is 1. The Kier molecular flexibility index (Phi) is 13.1. The number of halogens is 1. The van der Waals surface area contributed by atoms with Gasteiger partial charge in [-0.25, -0.2) is 0 Å². The summed E-state index contributed by atoms with van der Waals surface area (Å²) in [4.78, 5) is 4.34. The maximum absolute atomic E-state index is 6.32. The molecule has 32 heavy (non-hydrogen) atoms. The van der Waals surface area contributed by atoms with Gasteiger partial charge >= 0.3 is 0 Å². The van der Waals surface area contributed by atoms with Gasteiger partial charge in [0.2, 0.25) is 0 Å². The number of guanidine groups is 1. The second-order valence-electron chi connectivity index (χ2n) is 8.31. The molecule has 0 aromatic heterocycles. The molecule has 0 atom stereocenters. The Morgan fingerprint density at radius 2 is 1.91 bits per heavy atom. The van der Waals surface area contributed by atoms with E-state index in [1.54, 1.807) is 14.2 Å². The molecular formula is C24H40IN3O4. The van der Waals surface area contributed by atoms with Crippen LogP contribution < -0.4 is 20.1 Å². The quantitative estimate of drug-likeness (QED) is 0.183. The highest BCUT2D eigenvalue weighted by atomic mass is 127. The first-order valence-electron chi connectivity index (χ1n) is 11.7. The molecule has 0 amide bonds. The van der Waals surface area contributed by atoms with Crippen LogP contribution in [0.4, 0.5) is 0 Å². The van der Waals surface area contributed by atoms with Gasteiger partial charge in [0.25, 0.3) is 0 Å². The second-order valence-corrected chi connectivity index (χ2v) is 8.31. The lowest BCUT2D eigenvalue weighted by Gasteiger charge is -2.21.